The zero-order valence-corrected chi connectivity index (χ0v) is 11.3. The van der Waals surface area contributed by atoms with Gasteiger partial charge in [0.1, 0.15) is 0 Å². The van der Waals surface area contributed by atoms with E-state index in [-0.39, 0.29) is 0 Å². The number of nitriles is 1. The average Bonchev–Trinajstić information content (AvgIpc) is 2.65. The van der Waals surface area contributed by atoms with Crippen LogP contribution in [0.5, 0.6) is 0 Å². The van der Waals surface area contributed by atoms with Gasteiger partial charge in [-0.05, 0) is 41.9 Å². The van der Waals surface area contributed by atoms with Gasteiger partial charge in [-0.15, -0.1) is 11.8 Å². The lowest BCUT2D eigenvalue weighted by Gasteiger charge is -2.32. The van der Waals surface area contributed by atoms with Crippen LogP contribution in [0.25, 0.3) is 0 Å². The van der Waals surface area contributed by atoms with Crippen molar-refractivity contribution in [3.8, 4) is 6.07 Å². The normalized spacial score (nSPS) is 31.6. The number of aliphatic hydroxyl groups is 1. The average molecular weight is 274 g/mol. The minimum absolute atomic E-state index is 0.558. The molecule has 5 heteroatoms. The van der Waals surface area contributed by atoms with Gasteiger partial charge in [0.2, 0.25) is 5.91 Å². The van der Waals surface area contributed by atoms with Crippen molar-refractivity contribution in [1.29, 1.82) is 5.26 Å². The number of amides is 1. The molecule has 3 atom stereocenters. The number of benzene rings is 1. The second-order valence-electron chi connectivity index (χ2n) is 5.18. The molecule has 98 valence electrons. The van der Waals surface area contributed by atoms with Gasteiger partial charge in [-0.2, -0.15) is 5.26 Å². The Morgan fingerprint density at radius 2 is 2.37 bits per heavy atom. The van der Waals surface area contributed by atoms with E-state index in [0.717, 1.165) is 27.3 Å². The molecule has 1 aliphatic carbocycles. The van der Waals surface area contributed by atoms with Crippen LogP contribution in [-0.2, 0) is 10.2 Å². The highest BCUT2D eigenvalue weighted by Gasteiger charge is 2.57. The molecule has 4 nitrogen and oxygen atoms in total. The number of rotatable bonds is 1. The first kappa shape index (κ1) is 12.5. The van der Waals surface area contributed by atoms with Gasteiger partial charge in [0.15, 0.2) is 0 Å². The predicted molar refractivity (Wildman–Crippen MR) is 71.5 cm³/mol. The van der Waals surface area contributed by atoms with Gasteiger partial charge in [-0.25, -0.2) is 0 Å². The van der Waals surface area contributed by atoms with Crippen molar-refractivity contribution < 1.29 is 9.90 Å². The highest BCUT2D eigenvalue weighted by Crippen LogP contribution is 2.57. The molecule has 0 spiro atoms. The van der Waals surface area contributed by atoms with E-state index in [1.54, 1.807) is 11.8 Å². The Morgan fingerprint density at radius 3 is 3.00 bits per heavy atom. The molecule has 1 amide bonds. The summed E-state index contributed by atoms with van der Waals surface area (Å²) in [5.41, 5.74) is 6.99. The Hall–Kier alpha value is -1.51. The highest BCUT2D eigenvalue weighted by atomic mass is 32.2. The standard InChI is InChI=1S/C14H14N2O2S/c1-7-2-3-8-10-9(7)12(17)11(13(16)18)14(10,6-15)4-5-19-8/h2-3,11-12,17H,4-5H2,1H3,(H2,16,18). The first-order chi connectivity index (χ1) is 9.03. The number of nitrogens with two attached hydrogens (primary N) is 1. The van der Waals surface area contributed by atoms with Crippen LogP contribution in [-0.4, -0.2) is 16.8 Å². The Kier molecular flexibility index (Phi) is 2.63. The van der Waals surface area contributed by atoms with Crippen molar-refractivity contribution >= 4 is 17.7 Å². The van der Waals surface area contributed by atoms with Gasteiger partial charge in [-0.3, -0.25) is 4.79 Å². The summed E-state index contributed by atoms with van der Waals surface area (Å²) in [6.45, 7) is 1.89. The van der Waals surface area contributed by atoms with Crippen LogP contribution in [0.15, 0.2) is 17.0 Å². The molecule has 0 saturated heterocycles. The lowest BCUT2D eigenvalue weighted by molar-refractivity contribution is -0.127. The molecule has 1 aromatic carbocycles. The molecule has 0 bridgehead atoms. The van der Waals surface area contributed by atoms with E-state index >= 15 is 0 Å². The van der Waals surface area contributed by atoms with E-state index in [4.69, 9.17) is 5.73 Å². The van der Waals surface area contributed by atoms with Crippen molar-refractivity contribution in [3.05, 3.63) is 28.8 Å². The van der Waals surface area contributed by atoms with Gasteiger partial charge >= 0.3 is 0 Å². The van der Waals surface area contributed by atoms with Crippen LogP contribution in [0.4, 0.5) is 0 Å². The Balaban J connectivity index is 2.37. The van der Waals surface area contributed by atoms with Crippen molar-refractivity contribution in [3.63, 3.8) is 0 Å². The van der Waals surface area contributed by atoms with Crippen LogP contribution in [0.2, 0.25) is 0 Å². The van der Waals surface area contributed by atoms with Crippen LogP contribution in [0.1, 0.15) is 29.2 Å². The molecular formula is C14H14N2O2S. The molecule has 3 rings (SSSR count). The van der Waals surface area contributed by atoms with E-state index in [2.05, 4.69) is 6.07 Å². The number of aryl methyl sites for hydroxylation is 1. The Morgan fingerprint density at radius 1 is 1.63 bits per heavy atom. The summed E-state index contributed by atoms with van der Waals surface area (Å²) in [7, 11) is 0. The molecule has 2 aliphatic rings. The summed E-state index contributed by atoms with van der Waals surface area (Å²) < 4.78 is 0. The molecule has 3 unspecified atom stereocenters. The monoisotopic (exact) mass is 274 g/mol. The maximum atomic E-state index is 11.8. The third kappa shape index (κ3) is 1.41. The van der Waals surface area contributed by atoms with Crippen LogP contribution in [0, 0.1) is 24.2 Å². The number of hydrogen-bond acceptors (Lipinski definition) is 4. The maximum absolute atomic E-state index is 11.8. The quantitative estimate of drug-likeness (QED) is 0.810. The molecule has 0 fully saturated rings. The summed E-state index contributed by atoms with van der Waals surface area (Å²) in [6.07, 6.45) is -0.409. The minimum atomic E-state index is -0.967. The second kappa shape index (κ2) is 3.99. The fourth-order valence-electron chi connectivity index (χ4n) is 3.44. The number of primary amides is 1. The number of carbonyl (C=O) groups excluding carboxylic acids is 1. The zero-order valence-electron chi connectivity index (χ0n) is 10.5. The molecule has 0 aromatic heterocycles. The molecule has 19 heavy (non-hydrogen) atoms. The largest absolute Gasteiger partial charge is 0.387 e. The first-order valence-corrected chi connectivity index (χ1v) is 7.17. The summed E-state index contributed by atoms with van der Waals surface area (Å²) >= 11 is 1.67. The van der Waals surface area contributed by atoms with Crippen molar-refractivity contribution in [2.75, 3.05) is 5.75 Å². The van der Waals surface area contributed by atoms with Gasteiger partial charge in [0, 0.05) is 4.90 Å². The van der Waals surface area contributed by atoms with E-state index in [0.29, 0.717) is 6.42 Å². The third-order valence-electron chi connectivity index (χ3n) is 4.27. The van der Waals surface area contributed by atoms with E-state index in [9.17, 15) is 15.2 Å². The molecule has 3 N–H and O–H groups in total. The fraction of sp³-hybridized carbons (Fsp3) is 0.429. The highest BCUT2D eigenvalue weighted by molar-refractivity contribution is 7.99. The number of carbonyl (C=O) groups is 1. The van der Waals surface area contributed by atoms with Crippen LogP contribution < -0.4 is 5.73 Å². The first-order valence-electron chi connectivity index (χ1n) is 6.18. The van der Waals surface area contributed by atoms with Crippen molar-refractivity contribution in [2.24, 2.45) is 11.7 Å². The van der Waals surface area contributed by atoms with E-state index in [1.165, 1.54) is 0 Å². The van der Waals surface area contributed by atoms with E-state index < -0.39 is 23.3 Å². The molecule has 0 saturated carbocycles. The summed E-state index contributed by atoms with van der Waals surface area (Å²) in [4.78, 5) is 12.8. The summed E-state index contributed by atoms with van der Waals surface area (Å²) in [5, 5.41) is 20.2. The molecular weight excluding hydrogens is 260 g/mol. The molecule has 1 aliphatic heterocycles. The van der Waals surface area contributed by atoms with Gasteiger partial charge in [0.25, 0.3) is 0 Å². The number of hydrogen-bond donors (Lipinski definition) is 2. The van der Waals surface area contributed by atoms with Gasteiger partial charge in [-0.1, -0.05) is 6.07 Å². The maximum Gasteiger partial charge on any atom is 0.225 e. The third-order valence-corrected chi connectivity index (χ3v) is 5.33. The lowest BCUT2D eigenvalue weighted by Crippen LogP contribution is -2.42. The van der Waals surface area contributed by atoms with Gasteiger partial charge in [0.05, 0.1) is 23.5 Å². The lowest BCUT2D eigenvalue weighted by atomic mass is 9.72. The van der Waals surface area contributed by atoms with Crippen LogP contribution in [0.3, 0.4) is 0 Å². The SMILES string of the molecule is Cc1ccc2c3c1C(O)C(C(N)=O)C3(C#N)CCS2. The Bertz CT molecular complexity index is 623. The fourth-order valence-corrected chi connectivity index (χ4v) is 4.68. The number of nitrogens with zero attached hydrogens (tertiary/aromatic N) is 1. The van der Waals surface area contributed by atoms with Gasteiger partial charge < -0.3 is 10.8 Å². The van der Waals surface area contributed by atoms with Crippen molar-refractivity contribution in [2.45, 2.75) is 29.8 Å². The zero-order chi connectivity index (χ0) is 13.8. The summed E-state index contributed by atoms with van der Waals surface area (Å²) in [5.74, 6) is -0.671. The number of thioether (sulfide) groups is 1. The van der Waals surface area contributed by atoms with Crippen LogP contribution >= 0.6 is 11.8 Å². The van der Waals surface area contributed by atoms with E-state index in [1.807, 2.05) is 19.1 Å². The summed E-state index contributed by atoms with van der Waals surface area (Å²) in [6, 6.07) is 6.19. The number of aliphatic hydroxyl groups excluding tert-OH is 1. The van der Waals surface area contributed by atoms with Crippen molar-refractivity contribution in [1.82, 2.24) is 0 Å². The smallest absolute Gasteiger partial charge is 0.225 e. The predicted octanol–water partition coefficient (Wildman–Crippen LogP) is 1.40. The molecule has 1 heterocycles. The topological polar surface area (TPSA) is 87.1 Å². The Labute approximate surface area is 115 Å². The molecule has 0 radical (unpaired) electrons. The second-order valence-corrected chi connectivity index (χ2v) is 6.31. The molecule has 1 aromatic rings. The minimum Gasteiger partial charge on any atom is -0.387 e.